The van der Waals surface area contributed by atoms with Crippen molar-refractivity contribution in [1.29, 1.82) is 0 Å². The van der Waals surface area contributed by atoms with E-state index in [9.17, 15) is 9.59 Å². The molecule has 2 amide bonds. The van der Waals surface area contributed by atoms with Crippen molar-refractivity contribution in [3.8, 4) is 0 Å². The van der Waals surface area contributed by atoms with Gasteiger partial charge in [0.15, 0.2) is 0 Å². The van der Waals surface area contributed by atoms with Gasteiger partial charge in [-0.25, -0.2) is 0 Å². The molecule has 34 heavy (non-hydrogen) atoms. The van der Waals surface area contributed by atoms with Crippen LogP contribution in [0.15, 0.2) is 72.8 Å². The fourth-order valence-corrected chi connectivity index (χ4v) is 4.28. The maximum atomic E-state index is 12.7. The number of benzene rings is 3. The van der Waals surface area contributed by atoms with Crippen LogP contribution < -0.4 is 10.2 Å². The highest BCUT2D eigenvalue weighted by molar-refractivity contribution is 6.35. The van der Waals surface area contributed by atoms with Gasteiger partial charge in [0.05, 0.1) is 0 Å². The van der Waals surface area contributed by atoms with Gasteiger partial charge in [-0.05, 0) is 72.3 Å². The molecule has 0 radical (unpaired) electrons. The predicted molar refractivity (Wildman–Crippen MR) is 140 cm³/mol. The number of rotatable bonds is 5. The first kappa shape index (κ1) is 24.1. The Hall–Kier alpha value is -2.99. The van der Waals surface area contributed by atoms with Crippen LogP contribution in [-0.4, -0.2) is 42.9 Å². The summed E-state index contributed by atoms with van der Waals surface area (Å²) in [4.78, 5) is 29.0. The largest absolute Gasteiger partial charge is 0.368 e. The second kappa shape index (κ2) is 11.0. The molecule has 174 valence electrons. The average molecular weight is 515 g/mol. The Labute approximate surface area is 213 Å². The molecule has 0 bridgehead atoms. The maximum Gasteiger partial charge on any atom is 0.253 e. The summed E-state index contributed by atoms with van der Waals surface area (Å²) in [5, 5.41) is 4.48. The summed E-state index contributed by atoms with van der Waals surface area (Å²) >= 11 is 17.9. The number of anilines is 2. The lowest BCUT2D eigenvalue weighted by atomic mass is 10.1. The Morgan fingerprint density at radius 1 is 0.794 bits per heavy atom. The highest BCUT2D eigenvalue weighted by Crippen LogP contribution is 2.23. The van der Waals surface area contributed by atoms with Gasteiger partial charge in [-0.1, -0.05) is 40.9 Å². The van der Waals surface area contributed by atoms with Gasteiger partial charge in [0.2, 0.25) is 5.91 Å². The zero-order valence-corrected chi connectivity index (χ0v) is 20.4. The average Bonchev–Trinajstić information content (AvgIpc) is 2.84. The van der Waals surface area contributed by atoms with E-state index in [0.717, 1.165) is 18.8 Å². The fraction of sp³-hybridized carbons (Fsp3) is 0.154. The monoisotopic (exact) mass is 513 g/mol. The summed E-state index contributed by atoms with van der Waals surface area (Å²) in [5.74, 6) is -0.240. The Morgan fingerprint density at radius 3 is 2.09 bits per heavy atom. The second-order valence-corrected chi connectivity index (χ2v) is 9.10. The number of carbonyl (C=O) groups is 2. The number of nitrogens with one attached hydrogen (secondary N) is 1. The van der Waals surface area contributed by atoms with Crippen LogP contribution in [0.1, 0.15) is 15.9 Å². The van der Waals surface area contributed by atoms with Gasteiger partial charge in [0.1, 0.15) is 0 Å². The van der Waals surface area contributed by atoms with Gasteiger partial charge in [0, 0.05) is 64.3 Å². The minimum absolute atomic E-state index is 0.0160. The van der Waals surface area contributed by atoms with Crippen LogP contribution in [0, 0.1) is 0 Å². The minimum atomic E-state index is -0.256. The molecule has 0 saturated carbocycles. The summed E-state index contributed by atoms with van der Waals surface area (Å²) in [6.45, 7) is 2.74. The summed E-state index contributed by atoms with van der Waals surface area (Å²) in [7, 11) is 0. The van der Waals surface area contributed by atoms with Gasteiger partial charge in [0.25, 0.3) is 5.91 Å². The highest BCUT2D eigenvalue weighted by atomic mass is 35.5. The molecule has 0 atom stereocenters. The quantitative estimate of drug-likeness (QED) is 0.409. The molecule has 8 heteroatoms. The molecule has 0 spiro atoms. The van der Waals surface area contributed by atoms with E-state index >= 15 is 0 Å². The number of amides is 2. The molecule has 0 aliphatic carbocycles. The first-order valence-corrected chi connectivity index (χ1v) is 11.9. The van der Waals surface area contributed by atoms with Gasteiger partial charge in [-0.3, -0.25) is 9.59 Å². The molecule has 1 fully saturated rings. The maximum absolute atomic E-state index is 12.7. The van der Waals surface area contributed by atoms with Crippen LogP contribution in [0.4, 0.5) is 11.4 Å². The Bertz CT molecular complexity index is 1200. The van der Waals surface area contributed by atoms with Crippen molar-refractivity contribution >= 4 is 64.1 Å². The number of hydrogen-bond acceptors (Lipinski definition) is 3. The van der Waals surface area contributed by atoms with Crippen molar-refractivity contribution in [2.24, 2.45) is 0 Å². The third-order valence-corrected chi connectivity index (χ3v) is 6.35. The van der Waals surface area contributed by atoms with Gasteiger partial charge < -0.3 is 15.1 Å². The van der Waals surface area contributed by atoms with Crippen LogP contribution in [0.3, 0.4) is 0 Å². The van der Waals surface area contributed by atoms with Crippen molar-refractivity contribution in [2.75, 3.05) is 36.4 Å². The molecule has 1 aliphatic rings. The smallest absolute Gasteiger partial charge is 0.253 e. The van der Waals surface area contributed by atoms with Gasteiger partial charge in [-0.2, -0.15) is 0 Å². The van der Waals surface area contributed by atoms with Gasteiger partial charge >= 0.3 is 0 Å². The molecule has 5 nitrogen and oxygen atoms in total. The SMILES string of the molecule is O=C(C=Cc1ccc(Cl)cc1Cl)Nc1ccc(N2CCN(C(=O)c3ccc(Cl)cc3)CC2)cc1. The molecule has 1 N–H and O–H groups in total. The fourth-order valence-electron chi connectivity index (χ4n) is 3.68. The van der Waals surface area contributed by atoms with Crippen molar-refractivity contribution < 1.29 is 9.59 Å². The lowest BCUT2D eigenvalue weighted by Gasteiger charge is -2.36. The van der Waals surface area contributed by atoms with Crippen molar-refractivity contribution in [3.63, 3.8) is 0 Å². The summed E-state index contributed by atoms with van der Waals surface area (Å²) in [5.41, 5.74) is 3.09. The topological polar surface area (TPSA) is 52.7 Å². The second-order valence-electron chi connectivity index (χ2n) is 7.82. The normalized spacial score (nSPS) is 13.9. The Balaban J connectivity index is 1.30. The minimum Gasteiger partial charge on any atom is -0.368 e. The third kappa shape index (κ3) is 6.11. The predicted octanol–water partition coefficient (Wildman–Crippen LogP) is 6.26. The van der Waals surface area contributed by atoms with Crippen LogP contribution in [0.2, 0.25) is 15.1 Å². The standard InChI is InChI=1S/C26H22Cl3N3O2/c27-20-5-2-19(3-6-20)26(34)32-15-13-31(14-16-32)23-10-8-22(9-11-23)30-25(33)12-4-18-1-7-21(28)17-24(18)29/h1-12,17H,13-16H2,(H,30,33). The van der Waals surface area contributed by atoms with E-state index < -0.39 is 0 Å². The molecule has 1 aliphatic heterocycles. The van der Waals surface area contributed by atoms with E-state index in [1.54, 1.807) is 48.5 Å². The molecule has 4 rings (SSSR count). The number of nitrogens with zero attached hydrogens (tertiary/aromatic N) is 2. The summed E-state index contributed by atoms with van der Waals surface area (Å²) in [6, 6.07) is 19.7. The first-order chi connectivity index (χ1) is 16.4. The molecular weight excluding hydrogens is 493 g/mol. The lowest BCUT2D eigenvalue weighted by Crippen LogP contribution is -2.48. The van der Waals surface area contributed by atoms with E-state index in [4.69, 9.17) is 34.8 Å². The number of halogens is 3. The van der Waals surface area contributed by atoms with E-state index in [-0.39, 0.29) is 11.8 Å². The van der Waals surface area contributed by atoms with Crippen LogP contribution >= 0.6 is 34.8 Å². The van der Waals surface area contributed by atoms with Crippen LogP contribution in [-0.2, 0) is 4.79 Å². The van der Waals surface area contributed by atoms with E-state index in [1.807, 2.05) is 29.2 Å². The zero-order chi connectivity index (χ0) is 24.1. The number of carbonyl (C=O) groups excluding carboxylic acids is 2. The molecule has 0 aromatic heterocycles. The molecule has 1 heterocycles. The third-order valence-electron chi connectivity index (χ3n) is 5.53. The Morgan fingerprint density at radius 2 is 1.44 bits per heavy atom. The molecule has 1 saturated heterocycles. The summed E-state index contributed by atoms with van der Waals surface area (Å²) in [6.07, 6.45) is 3.08. The summed E-state index contributed by atoms with van der Waals surface area (Å²) < 4.78 is 0. The molecule has 0 unspecified atom stereocenters. The van der Waals surface area contributed by atoms with Crippen LogP contribution in [0.5, 0.6) is 0 Å². The van der Waals surface area contributed by atoms with E-state index in [2.05, 4.69) is 10.2 Å². The van der Waals surface area contributed by atoms with Gasteiger partial charge in [-0.15, -0.1) is 0 Å². The number of piperazine rings is 1. The van der Waals surface area contributed by atoms with Crippen LogP contribution in [0.25, 0.3) is 6.08 Å². The zero-order valence-electron chi connectivity index (χ0n) is 18.2. The molecule has 3 aromatic rings. The van der Waals surface area contributed by atoms with Crippen molar-refractivity contribution in [3.05, 3.63) is 99.0 Å². The highest BCUT2D eigenvalue weighted by Gasteiger charge is 2.22. The molecular formula is C26H22Cl3N3O2. The first-order valence-electron chi connectivity index (χ1n) is 10.7. The molecule has 3 aromatic carbocycles. The lowest BCUT2D eigenvalue weighted by molar-refractivity contribution is -0.111. The number of hydrogen-bond donors (Lipinski definition) is 1. The van der Waals surface area contributed by atoms with E-state index in [1.165, 1.54) is 6.08 Å². The van der Waals surface area contributed by atoms with Crippen molar-refractivity contribution in [1.82, 2.24) is 4.90 Å². The Kier molecular flexibility index (Phi) is 7.78. The van der Waals surface area contributed by atoms with Crippen molar-refractivity contribution in [2.45, 2.75) is 0 Å². The van der Waals surface area contributed by atoms with E-state index in [0.29, 0.717) is 45.0 Å².